The molecule has 0 amide bonds. The molecule has 4 nitrogen and oxygen atoms in total. The molecule has 0 radical (unpaired) electrons. The van der Waals surface area contributed by atoms with Crippen LogP contribution in [0.3, 0.4) is 0 Å². The Balaban J connectivity index is 2.27. The van der Waals surface area contributed by atoms with Gasteiger partial charge in [0.1, 0.15) is 12.5 Å². The fourth-order valence-corrected chi connectivity index (χ4v) is 1.09. The van der Waals surface area contributed by atoms with Crippen LogP contribution in [0.15, 0.2) is 16.9 Å². The molecule has 2 heterocycles. The summed E-state index contributed by atoms with van der Waals surface area (Å²) in [5.74, 6) is 0.998. The summed E-state index contributed by atoms with van der Waals surface area (Å²) in [5.41, 5.74) is 1.11. The molecule has 0 aromatic carbocycles. The number of rotatable bonds is 0. The van der Waals surface area contributed by atoms with Crippen molar-refractivity contribution in [1.29, 1.82) is 0 Å². The van der Waals surface area contributed by atoms with Crippen LogP contribution in [0.2, 0.25) is 0 Å². The Morgan fingerprint density at radius 3 is 3.40 bits per heavy atom. The third-order valence-corrected chi connectivity index (χ3v) is 1.59. The van der Waals surface area contributed by atoms with Gasteiger partial charge in [0.2, 0.25) is 0 Å². The highest BCUT2D eigenvalue weighted by Gasteiger charge is 2.16. The first-order chi connectivity index (χ1) is 4.86. The molecular weight excluding hydrogens is 128 g/mol. The van der Waals surface area contributed by atoms with E-state index in [2.05, 4.69) is 21.8 Å². The van der Waals surface area contributed by atoms with E-state index in [9.17, 15) is 0 Å². The molecule has 54 valence electrons. The Morgan fingerprint density at radius 1 is 1.60 bits per heavy atom. The summed E-state index contributed by atoms with van der Waals surface area (Å²) in [6, 6.07) is 0. The summed E-state index contributed by atoms with van der Waals surface area (Å²) < 4.78 is 0. The zero-order chi connectivity index (χ0) is 6.97. The van der Waals surface area contributed by atoms with E-state index in [1.165, 1.54) is 0 Å². The molecule has 0 aliphatic carbocycles. The Morgan fingerprint density at radius 2 is 2.50 bits per heavy atom. The van der Waals surface area contributed by atoms with Crippen molar-refractivity contribution in [3.8, 4) is 0 Å². The molecule has 2 aliphatic rings. The standard InChI is InChI=1S/C6H10N4/c1-10-2-5-6(9-4-10)8-3-7-5/h2,7H,3-4H2,1H3,(H,8,9). The van der Waals surface area contributed by atoms with Crippen LogP contribution in [0.4, 0.5) is 0 Å². The van der Waals surface area contributed by atoms with Gasteiger partial charge in [0.15, 0.2) is 0 Å². The molecule has 1 fully saturated rings. The van der Waals surface area contributed by atoms with Crippen molar-refractivity contribution in [2.45, 2.75) is 0 Å². The Kier molecular flexibility index (Phi) is 1.06. The van der Waals surface area contributed by atoms with Crippen LogP contribution in [0.5, 0.6) is 0 Å². The molecule has 0 saturated carbocycles. The van der Waals surface area contributed by atoms with Crippen molar-refractivity contribution < 1.29 is 0 Å². The number of nitrogens with zero attached hydrogens (tertiary/aromatic N) is 2. The van der Waals surface area contributed by atoms with E-state index in [1.807, 2.05) is 11.9 Å². The van der Waals surface area contributed by atoms with Crippen molar-refractivity contribution in [3.05, 3.63) is 11.9 Å². The summed E-state index contributed by atoms with van der Waals surface area (Å²) in [5, 5.41) is 6.29. The molecular formula is C6H10N4. The van der Waals surface area contributed by atoms with Gasteiger partial charge in [-0.05, 0) is 0 Å². The van der Waals surface area contributed by atoms with Gasteiger partial charge >= 0.3 is 0 Å². The van der Waals surface area contributed by atoms with Crippen LogP contribution in [-0.2, 0) is 0 Å². The maximum atomic E-state index is 4.27. The van der Waals surface area contributed by atoms with Gasteiger partial charge < -0.3 is 15.5 Å². The topological polar surface area (TPSA) is 39.7 Å². The monoisotopic (exact) mass is 138 g/mol. The van der Waals surface area contributed by atoms with Crippen LogP contribution in [0, 0.1) is 0 Å². The van der Waals surface area contributed by atoms with E-state index in [0.717, 1.165) is 24.9 Å². The van der Waals surface area contributed by atoms with Gasteiger partial charge in [-0.3, -0.25) is 0 Å². The maximum Gasteiger partial charge on any atom is 0.149 e. The molecule has 0 spiro atoms. The normalized spacial score (nSPS) is 22.3. The van der Waals surface area contributed by atoms with Crippen LogP contribution < -0.4 is 10.6 Å². The molecule has 0 aromatic rings. The second-order valence-electron chi connectivity index (χ2n) is 2.48. The minimum absolute atomic E-state index is 0.757. The van der Waals surface area contributed by atoms with E-state index in [0.29, 0.717) is 0 Å². The summed E-state index contributed by atoms with van der Waals surface area (Å²) in [6.45, 7) is 1.56. The van der Waals surface area contributed by atoms with Gasteiger partial charge in [0.05, 0.1) is 12.4 Å². The molecule has 0 bridgehead atoms. The number of aliphatic imine (C=N–C) groups is 1. The molecule has 0 unspecified atom stereocenters. The smallest absolute Gasteiger partial charge is 0.149 e. The van der Waals surface area contributed by atoms with Crippen LogP contribution in [0.1, 0.15) is 0 Å². The quantitative estimate of drug-likeness (QED) is 0.464. The van der Waals surface area contributed by atoms with E-state index >= 15 is 0 Å². The molecule has 0 aromatic heterocycles. The zero-order valence-electron chi connectivity index (χ0n) is 5.89. The van der Waals surface area contributed by atoms with Crippen LogP contribution in [-0.4, -0.2) is 31.1 Å². The van der Waals surface area contributed by atoms with Crippen molar-refractivity contribution in [2.24, 2.45) is 4.99 Å². The number of amidine groups is 1. The van der Waals surface area contributed by atoms with Gasteiger partial charge in [0, 0.05) is 13.2 Å². The minimum Gasteiger partial charge on any atom is -0.364 e. The summed E-state index contributed by atoms with van der Waals surface area (Å²) in [7, 11) is 2.01. The number of hydrogen-bond donors (Lipinski definition) is 2. The van der Waals surface area contributed by atoms with Crippen LogP contribution >= 0.6 is 0 Å². The largest absolute Gasteiger partial charge is 0.364 e. The van der Waals surface area contributed by atoms with E-state index in [1.54, 1.807) is 0 Å². The van der Waals surface area contributed by atoms with Gasteiger partial charge in [-0.1, -0.05) is 0 Å². The average molecular weight is 138 g/mol. The number of hydrogen-bond acceptors (Lipinski definition) is 4. The lowest BCUT2D eigenvalue weighted by Crippen LogP contribution is -2.24. The van der Waals surface area contributed by atoms with E-state index < -0.39 is 0 Å². The predicted molar refractivity (Wildman–Crippen MR) is 39.3 cm³/mol. The third kappa shape index (κ3) is 0.725. The molecule has 1 saturated heterocycles. The van der Waals surface area contributed by atoms with Crippen molar-refractivity contribution in [3.63, 3.8) is 0 Å². The highest BCUT2D eigenvalue weighted by atomic mass is 15.3. The third-order valence-electron chi connectivity index (χ3n) is 1.59. The molecule has 2 N–H and O–H groups in total. The van der Waals surface area contributed by atoms with E-state index in [-0.39, 0.29) is 0 Å². The van der Waals surface area contributed by atoms with Crippen LogP contribution in [0.25, 0.3) is 0 Å². The average Bonchev–Trinajstić information content (AvgIpc) is 2.33. The van der Waals surface area contributed by atoms with Crippen molar-refractivity contribution >= 4 is 5.84 Å². The zero-order valence-corrected chi connectivity index (χ0v) is 5.89. The Hall–Kier alpha value is -1.19. The second kappa shape index (κ2) is 1.90. The molecule has 10 heavy (non-hydrogen) atoms. The SMILES string of the molecule is CN1C=C2NCNC2=NC1. The van der Waals surface area contributed by atoms with Crippen molar-refractivity contribution in [1.82, 2.24) is 15.5 Å². The van der Waals surface area contributed by atoms with Crippen molar-refractivity contribution in [2.75, 3.05) is 20.4 Å². The lowest BCUT2D eigenvalue weighted by molar-refractivity contribution is 0.462. The summed E-state index contributed by atoms with van der Waals surface area (Å²) in [4.78, 5) is 6.31. The Labute approximate surface area is 59.6 Å². The lowest BCUT2D eigenvalue weighted by atomic mass is 10.4. The predicted octanol–water partition coefficient (Wildman–Crippen LogP) is -0.721. The Bertz CT molecular complexity index is 206. The first kappa shape index (κ1) is 5.58. The highest BCUT2D eigenvalue weighted by molar-refractivity contribution is 5.99. The first-order valence-corrected chi connectivity index (χ1v) is 3.31. The van der Waals surface area contributed by atoms with Gasteiger partial charge in [0.25, 0.3) is 0 Å². The first-order valence-electron chi connectivity index (χ1n) is 3.31. The minimum atomic E-state index is 0.757. The summed E-state index contributed by atoms with van der Waals surface area (Å²) in [6.07, 6.45) is 2.06. The fraction of sp³-hybridized carbons (Fsp3) is 0.500. The molecule has 0 atom stereocenters. The number of fused-ring (bicyclic) bond motifs is 1. The van der Waals surface area contributed by atoms with E-state index in [4.69, 9.17) is 0 Å². The number of nitrogens with one attached hydrogen (secondary N) is 2. The summed E-state index contributed by atoms with van der Waals surface area (Å²) >= 11 is 0. The van der Waals surface area contributed by atoms with Gasteiger partial charge in [-0.25, -0.2) is 4.99 Å². The van der Waals surface area contributed by atoms with Gasteiger partial charge in [-0.15, -0.1) is 0 Å². The molecule has 2 aliphatic heterocycles. The maximum absolute atomic E-state index is 4.27. The van der Waals surface area contributed by atoms with Gasteiger partial charge in [-0.2, -0.15) is 0 Å². The molecule has 2 rings (SSSR count). The fourth-order valence-electron chi connectivity index (χ4n) is 1.09. The molecule has 4 heteroatoms. The second-order valence-corrected chi connectivity index (χ2v) is 2.48. The highest BCUT2D eigenvalue weighted by Crippen LogP contribution is 2.04. The lowest BCUT2D eigenvalue weighted by Gasteiger charge is -2.16.